The lowest BCUT2D eigenvalue weighted by atomic mass is 9.90. The van der Waals surface area contributed by atoms with Gasteiger partial charge in [-0.05, 0) is 38.6 Å². The Morgan fingerprint density at radius 2 is 1.82 bits per heavy atom. The lowest BCUT2D eigenvalue weighted by Crippen LogP contribution is -2.45. The summed E-state index contributed by atoms with van der Waals surface area (Å²) in [6.07, 6.45) is 9.99. The highest BCUT2D eigenvalue weighted by Gasteiger charge is 2.34. The van der Waals surface area contributed by atoms with Crippen molar-refractivity contribution in [3.05, 3.63) is 0 Å². The van der Waals surface area contributed by atoms with Gasteiger partial charge in [0.25, 0.3) is 0 Å². The molecule has 100 valence electrons. The quantitative estimate of drug-likeness (QED) is 0.842. The van der Waals surface area contributed by atoms with E-state index in [1.54, 1.807) is 0 Å². The molecule has 2 nitrogen and oxygen atoms in total. The van der Waals surface area contributed by atoms with E-state index in [2.05, 4.69) is 12.2 Å². The molecule has 0 bridgehead atoms. The molecule has 0 radical (unpaired) electrons. The first-order chi connectivity index (χ1) is 8.22. The Morgan fingerprint density at radius 1 is 1.06 bits per heavy atom. The van der Waals surface area contributed by atoms with Crippen LogP contribution in [-0.4, -0.2) is 27.8 Å². The zero-order valence-electron chi connectivity index (χ0n) is 11.3. The molecule has 17 heavy (non-hydrogen) atoms. The summed E-state index contributed by atoms with van der Waals surface area (Å²) in [7, 11) is 1.43. The van der Waals surface area contributed by atoms with Crippen LogP contribution in [0.5, 0.6) is 0 Å². The van der Waals surface area contributed by atoms with Gasteiger partial charge in [0.15, 0.2) is 0 Å². The van der Waals surface area contributed by atoms with E-state index in [4.69, 9.17) is 0 Å². The standard InChI is InChI=1S/C14H27NOS/c1-11-6-5-7-12(10-11)17(16)14-9-4-3-8-13(14)15-2/h11-15H,3-10H2,1-2H3. The molecule has 5 unspecified atom stereocenters. The molecule has 0 saturated heterocycles. The molecule has 2 aliphatic carbocycles. The summed E-state index contributed by atoms with van der Waals surface area (Å²) in [5.74, 6) is 0.786. The maximum Gasteiger partial charge on any atom is 0.0503 e. The smallest absolute Gasteiger partial charge is 0.0503 e. The zero-order valence-corrected chi connectivity index (χ0v) is 12.1. The summed E-state index contributed by atoms with van der Waals surface area (Å²) in [5.41, 5.74) is 0. The molecule has 0 aromatic heterocycles. The summed E-state index contributed by atoms with van der Waals surface area (Å²) >= 11 is 0. The summed E-state index contributed by atoms with van der Waals surface area (Å²) in [4.78, 5) is 0. The van der Waals surface area contributed by atoms with Gasteiger partial charge in [-0.25, -0.2) is 0 Å². The lowest BCUT2D eigenvalue weighted by Gasteiger charge is -2.35. The number of hydrogen-bond acceptors (Lipinski definition) is 2. The summed E-state index contributed by atoms with van der Waals surface area (Å²) in [5, 5.41) is 4.30. The Hall–Kier alpha value is 0.110. The first-order valence-electron chi connectivity index (χ1n) is 7.29. The predicted molar refractivity (Wildman–Crippen MR) is 74.7 cm³/mol. The summed E-state index contributed by atoms with van der Waals surface area (Å²) in [6, 6.07) is 0.502. The third kappa shape index (κ3) is 3.31. The van der Waals surface area contributed by atoms with Crippen LogP contribution in [0.4, 0.5) is 0 Å². The Bertz CT molecular complexity index is 269. The third-order valence-corrected chi connectivity index (χ3v) is 6.83. The van der Waals surface area contributed by atoms with E-state index in [9.17, 15) is 4.21 Å². The first-order valence-corrected chi connectivity index (χ1v) is 8.56. The van der Waals surface area contributed by atoms with Gasteiger partial charge in [-0.2, -0.15) is 0 Å². The highest BCUT2D eigenvalue weighted by atomic mass is 32.2. The van der Waals surface area contributed by atoms with Gasteiger partial charge < -0.3 is 5.32 Å². The monoisotopic (exact) mass is 257 g/mol. The van der Waals surface area contributed by atoms with Gasteiger partial charge in [0.05, 0.1) is 5.25 Å². The van der Waals surface area contributed by atoms with Gasteiger partial charge in [-0.15, -0.1) is 0 Å². The maximum atomic E-state index is 12.7. The van der Waals surface area contributed by atoms with Crippen molar-refractivity contribution in [2.75, 3.05) is 7.05 Å². The number of nitrogens with one attached hydrogen (secondary N) is 1. The van der Waals surface area contributed by atoms with Crippen LogP contribution in [0.2, 0.25) is 0 Å². The predicted octanol–water partition coefficient (Wildman–Crippen LogP) is 2.84. The van der Waals surface area contributed by atoms with Crippen LogP contribution >= 0.6 is 0 Å². The van der Waals surface area contributed by atoms with E-state index in [1.165, 1.54) is 51.4 Å². The highest BCUT2D eigenvalue weighted by Crippen LogP contribution is 2.32. The van der Waals surface area contributed by atoms with E-state index in [-0.39, 0.29) is 0 Å². The Labute approximate surface area is 108 Å². The van der Waals surface area contributed by atoms with E-state index in [0.717, 1.165) is 5.92 Å². The van der Waals surface area contributed by atoms with E-state index >= 15 is 0 Å². The maximum absolute atomic E-state index is 12.7. The molecular weight excluding hydrogens is 230 g/mol. The zero-order chi connectivity index (χ0) is 12.3. The normalized spacial score (nSPS) is 41.1. The third-order valence-electron chi connectivity index (χ3n) is 4.59. The molecular formula is C14H27NOS. The van der Waals surface area contributed by atoms with Crippen LogP contribution in [0.1, 0.15) is 58.3 Å². The topological polar surface area (TPSA) is 29.1 Å². The average Bonchev–Trinajstić information content (AvgIpc) is 2.38. The van der Waals surface area contributed by atoms with Crippen LogP contribution in [0.3, 0.4) is 0 Å². The van der Waals surface area contributed by atoms with Crippen LogP contribution in [0.15, 0.2) is 0 Å². The van der Waals surface area contributed by atoms with Gasteiger partial charge in [-0.3, -0.25) is 4.21 Å². The Kier molecular flexibility index (Phi) is 5.04. The fraction of sp³-hybridized carbons (Fsp3) is 1.00. The minimum atomic E-state index is -0.606. The second kappa shape index (κ2) is 6.33. The summed E-state index contributed by atoms with van der Waals surface area (Å²) < 4.78 is 12.7. The van der Waals surface area contributed by atoms with Crippen LogP contribution in [0, 0.1) is 5.92 Å². The van der Waals surface area contributed by atoms with E-state index in [1.807, 2.05) is 7.05 Å². The second-order valence-corrected chi connectivity index (χ2v) is 7.87. The summed E-state index contributed by atoms with van der Waals surface area (Å²) in [6.45, 7) is 2.32. The SMILES string of the molecule is CNC1CCCCC1S(=O)C1CCCC(C)C1. The average molecular weight is 257 g/mol. The molecule has 2 aliphatic rings. The minimum Gasteiger partial charge on any atom is -0.316 e. The van der Waals surface area contributed by atoms with Crippen LogP contribution in [-0.2, 0) is 10.8 Å². The Balaban J connectivity index is 1.97. The van der Waals surface area contributed by atoms with Gasteiger partial charge in [0, 0.05) is 22.1 Å². The first kappa shape index (κ1) is 13.5. The van der Waals surface area contributed by atoms with Crippen LogP contribution in [0.25, 0.3) is 0 Å². The minimum absolute atomic E-state index is 0.420. The van der Waals surface area contributed by atoms with Gasteiger partial charge in [0.1, 0.15) is 0 Å². The molecule has 5 atom stereocenters. The largest absolute Gasteiger partial charge is 0.316 e. The lowest BCUT2D eigenvalue weighted by molar-refractivity contribution is 0.372. The molecule has 1 N–H and O–H groups in total. The fourth-order valence-corrected chi connectivity index (χ4v) is 5.95. The number of rotatable bonds is 3. The molecule has 0 aromatic rings. The van der Waals surface area contributed by atoms with Gasteiger partial charge >= 0.3 is 0 Å². The van der Waals surface area contributed by atoms with Crippen molar-refractivity contribution in [1.29, 1.82) is 0 Å². The van der Waals surface area contributed by atoms with Crippen molar-refractivity contribution in [3.8, 4) is 0 Å². The molecule has 2 fully saturated rings. The molecule has 2 saturated carbocycles. The van der Waals surface area contributed by atoms with Crippen LogP contribution < -0.4 is 5.32 Å². The molecule has 0 aromatic carbocycles. The van der Waals surface area contributed by atoms with E-state index in [0.29, 0.717) is 16.5 Å². The van der Waals surface area contributed by atoms with Crippen molar-refractivity contribution < 1.29 is 4.21 Å². The van der Waals surface area contributed by atoms with Crippen molar-refractivity contribution in [2.24, 2.45) is 5.92 Å². The second-order valence-electron chi connectivity index (χ2n) is 5.94. The van der Waals surface area contributed by atoms with Crippen molar-refractivity contribution >= 4 is 10.8 Å². The van der Waals surface area contributed by atoms with E-state index < -0.39 is 10.8 Å². The molecule has 0 heterocycles. The Morgan fingerprint density at radius 3 is 2.53 bits per heavy atom. The van der Waals surface area contributed by atoms with Gasteiger partial charge in [0.2, 0.25) is 0 Å². The molecule has 0 aliphatic heterocycles. The molecule has 0 spiro atoms. The van der Waals surface area contributed by atoms with Crippen molar-refractivity contribution in [2.45, 2.75) is 74.8 Å². The van der Waals surface area contributed by atoms with Crippen molar-refractivity contribution in [1.82, 2.24) is 5.32 Å². The number of hydrogen-bond donors (Lipinski definition) is 1. The molecule has 2 rings (SSSR count). The van der Waals surface area contributed by atoms with Gasteiger partial charge in [-0.1, -0.05) is 32.6 Å². The van der Waals surface area contributed by atoms with Crippen molar-refractivity contribution in [3.63, 3.8) is 0 Å². The fourth-order valence-electron chi connectivity index (χ4n) is 3.54. The highest BCUT2D eigenvalue weighted by molar-refractivity contribution is 7.86. The molecule has 0 amide bonds. The molecule has 3 heteroatoms.